The highest BCUT2D eigenvalue weighted by atomic mass is 32.7. The van der Waals surface area contributed by atoms with E-state index in [1.807, 2.05) is 0 Å². The molecule has 0 radical (unpaired) electrons. The summed E-state index contributed by atoms with van der Waals surface area (Å²) in [4.78, 5) is 21.8. The third-order valence-corrected chi connectivity index (χ3v) is 9.25. The molecule has 45 heavy (non-hydrogen) atoms. The van der Waals surface area contributed by atoms with Crippen molar-refractivity contribution in [1.82, 2.24) is 19.5 Å². The number of aromatic amines is 1. The summed E-state index contributed by atoms with van der Waals surface area (Å²) in [5.41, 5.74) is -0.0381. The van der Waals surface area contributed by atoms with Crippen LogP contribution in [0.1, 0.15) is 6.23 Å². The summed E-state index contributed by atoms with van der Waals surface area (Å²) < 4.78 is 106. The Morgan fingerprint density at radius 2 is 1.67 bits per heavy atom. The Hall–Kier alpha value is -4.03. The third-order valence-electron chi connectivity index (χ3n) is 6.61. The first kappa shape index (κ1) is 32.4. The molecule has 2 aromatic carbocycles. The third kappa shape index (κ3) is 6.13. The molecule has 4 aromatic rings. The van der Waals surface area contributed by atoms with Crippen LogP contribution in [0.15, 0.2) is 59.7 Å². The number of nitrogens with zero attached hydrogens (tertiary/aromatic N) is 3. The van der Waals surface area contributed by atoms with Gasteiger partial charge in [0.2, 0.25) is 11.5 Å². The van der Waals surface area contributed by atoms with Gasteiger partial charge in [-0.1, -0.05) is 0 Å². The summed E-state index contributed by atoms with van der Waals surface area (Å²) in [7, 11) is 2.82. The monoisotopic (exact) mass is 677 g/mol. The van der Waals surface area contributed by atoms with E-state index < -0.39 is 66.4 Å². The quantitative estimate of drug-likeness (QED) is 0.110. The van der Waals surface area contributed by atoms with E-state index in [9.17, 15) is 23.2 Å². The van der Waals surface area contributed by atoms with Gasteiger partial charge in [0.1, 0.15) is 23.0 Å². The van der Waals surface area contributed by atoms with Crippen LogP contribution in [0.4, 0.5) is 23.5 Å². The van der Waals surface area contributed by atoms with Gasteiger partial charge in [0.05, 0.1) is 27.2 Å². The van der Waals surface area contributed by atoms with Gasteiger partial charge in [-0.3, -0.25) is 18.9 Å². The van der Waals surface area contributed by atoms with Crippen molar-refractivity contribution in [3.05, 3.63) is 65.2 Å². The number of aliphatic hydroxyl groups is 1. The minimum atomic E-state index is -4.79. The number of alkyl halides is 4. The molecule has 1 saturated heterocycles. The number of hydrogen-bond acceptors (Lipinski definition) is 13. The number of imidazole rings is 1. The first-order valence-electron chi connectivity index (χ1n) is 12.6. The summed E-state index contributed by atoms with van der Waals surface area (Å²) in [6.45, 7) is -6.55. The van der Waals surface area contributed by atoms with E-state index in [4.69, 9.17) is 33.2 Å². The molecule has 5 rings (SSSR count). The lowest BCUT2D eigenvalue weighted by Crippen LogP contribution is -2.57. The van der Waals surface area contributed by atoms with Crippen LogP contribution in [0, 0.1) is 0 Å². The van der Waals surface area contributed by atoms with Crippen LogP contribution in [0.2, 0.25) is 0 Å². The van der Waals surface area contributed by atoms with Crippen LogP contribution in [0.5, 0.6) is 23.0 Å². The van der Waals surface area contributed by atoms with E-state index >= 15 is 8.78 Å². The fraction of sp³-hybridized carbons (Fsp3) is 0.320. The van der Waals surface area contributed by atoms with E-state index in [0.29, 0.717) is 16.1 Å². The molecule has 242 valence electrons. The Morgan fingerprint density at radius 3 is 2.24 bits per heavy atom. The van der Waals surface area contributed by atoms with E-state index in [1.165, 1.54) is 62.8 Å². The maximum absolute atomic E-state index is 15.6. The molecule has 1 aliphatic heterocycles. The molecule has 0 aliphatic carbocycles. The number of nitrogen functional groups attached to an aromatic ring is 1. The van der Waals surface area contributed by atoms with E-state index in [-0.39, 0.29) is 23.2 Å². The van der Waals surface area contributed by atoms with Crippen LogP contribution < -0.4 is 29.5 Å². The van der Waals surface area contributed by atoms with Gasteiger partial charge in [0.25, 0.3) is 12.0 Å². The average molecular weight is 678 g/mol. The topological polar surface area (TPSA) is 182 Å². The number of benzene rings is 2. The number of rotatable bonds is 12. The number of H-pyrrole nitrogens is 1. The second-order valence-electron chi connectivity index (χ2n) is 9.36. The average Bonchev–Trinajstić information content (AvgIpc) is 3.52. The summed E-state index contributed by atoms with van der Waals surface area (Å²) in [6.07, 6.45) is -8.44. The van der Waals surface area contributed by atoms with Crippen molar-refractivity contribution in [2.24, 2.45) is 0 Å². The van der Waals surface area contributed by atoms with Crippen LogP contribution in [-0.2, 0) is 13.8 Å². The Balaban J connectivity index is 1.46. The summed E-state index contributed by atoms with van der Waals surface area (Å²) in [5.74, 6) is -4.35. The molecule has 4 N–H and O–H groups in total. The molecule has 1 unspecified atom stereocenters. The van der Waals surface area contributed by atoms with Gasteiger partial charge >= 0.3 is 12.7 Å². The maximum atomic E-state index is 15.6. The summed E-state index contributed by atoms with van der Waals surface area (Å²) in [6, 6.07) is 11.3. The van der Waals surface area contributed by atoms with Gasteiger partial charge in [0, 0.05) is 0 Å². The molecular weight excluding hydrogens is 653 g/mol. The number of hydrogen-bond donors (Lipinski definition) is 3. The van der Waals surface area contributed by atoms with Crippen LogP contribution in [0.3, 0.4) is 0 Å². The van der Waals surface area contributed by atoms with Crippen molar-refractivity contribution in [3.8, 4) is 23.0 Å². The molecule has 3 heterocycles. The van der Waals surface area contributed by atoms with Crippen molar-refractivity contribution >= 4 is 35.6 Å². The van der Waals surface area contributed by atoms with Crippen LogP contribution in [-0.4, -0.2) is 69.5 Å². The molecule has 2 aromatic heterocycles. The van der Waals surface area contributed by atoms with Gasteiger partial charge in [-0.15, -0.1) is 0 Å². The van der Waals surface area contributed by atoms with Crippen molar-refractivity contribution in [1.29, 1.82) is 0 Å². The largest absolute Gasteiger partial charge is 0.497 e. The number of aliphatic hydroxyl groups excluding tert-OH is 1. The predicted molar refractivity (Wildman–Crippen MR) is 151 cm³/mol. The molecule has 0 bridgehead atoms. The Morgan fingerprint density at radius 1 is 1.09 bits per heavy atom. The van der Waals surface area contributed by atoms with Gasteiger partial charge < -0.3 is 33.8 Å². The predicted octanol–water partition coefficient (Wildman–Crippen LogP) is 4.18. The Labute approximate surface area is 254 Å². The first-order valence-corrected chi connectivity index (χ1v) is 15.5. The zero-order valence-corrected chi connectivity index (χ0v) is 24.8. The molecule has 0 spiro atoms. The zero-order chi connectivity index (χ0) is 32.6. The highest BCUT2D eigenvalue weighted by Crippen LogP contribution is 2.62. The molecule has 1 fully saturated rings. The van der Waals surface area contributed by atoms with Crippen molar-refractivity contribution in [3.63, 3.8) is 0 Å². The standard InChI is InChI=1S/C25H24F4N5O9PS/c1-38-13-3-7-15(8-4-13)42-44(37,45-43-16-9-5-14(39-2)6-10-16)40-11-24(22(26)27)25(28,29)18(35)21(41-24)34-12-31-17-19(34)32-23(30)33-20(17)36/h3-10,12,18,21-22,35H,11H2,1-2H3,(H3,30,32,33,36)/t18-,21+,24-,44?/m0/s1. The maximum Gasteiger partial charge on any atom is 0.478 e. The second-order valence-corrected chi connectivity index (χ2v) is 12.8. The number of aromatic nitrogens is 4. The first-order chi connectivity index (χ1) is 21.3. The molecule has 0 saturated carbocycles. The molecule has 4 atom stereocenters. The fourth-order valence-corrected chi connectivity index (χ4v) is 6.55. The molecule has 1 aliphatic rings. The summed E-state index contributed by atoms with van der Waals surface area (Å²) in [5, 5.41) is 10.6. The molecule has 0 amide bonds. The highest BCUT2D eigenvalue weighted by molar-refractivity contribution is 8.52. The molecule has 14 nitrogen and oxygen atoms in total. The number of ether oxygens (including phenoxy) is 3. The number of nitrogens with two attached hydrogens (primary N) is 1. The van der Waals surface area contributed by atoms with E-state index in [0.717, 1.165) is 6.33 Å². The molecular formula is C25H24F4N5O9PS. The highest BCUT2D eigenvalue weighted by Gasteiger charge is 2.74. The number of methoxy groups -OCH3 is 2. The summed E-state index contributed by atoms with van der Waals surface area (Å²) >= 11 is 0.0475. The smallest absolute Gasteiger partial charge is 0.478 e. The second kappa shape index (κ2) is 12.4. The lowest BCUT2D eigenvalue weighted by molar-refractivity contribution is -0.241. The lowest BCUT2D eigenvalue weighted by atomic mass is 9.95. The minimum Gasteiger partial charge on any atom is -0.497 e. The van der Waals surface area contributed by atoms with Crippen LogP contribution in [0.25, 0.3) is 11.2 Å². The zero-order valence-electron chi connectivity index (χ0n) is 23.1. The normalized spacial score (nSPS) is 22.3. The Bertz CT molecular complexity index is 1760. The van der Waals surface area contributed by atoms with Crippen molar-refractivity contribution in [2.75, 3.05) is 26.6 Å². The molecule has 20 heteroatoms. The van der Waals surface area contributed by atoms with Crippen molar-refractivity contribution in [2.45, 2.75) is 30.3 Å². The number of anilines is 1. The van der Waals surface area contributed by atoms with E-state index in [2.05, 4.69) is 15.0 Å². The van der Waals surface area contributed by atoms with Gasteiger partial charge in [-0.2, -0.15) is 13.8 Å². The van der Waals surface area contributed by atoms with Crippen molar-refractivity contribution < 1.29 is 54.7 Å². The number of nitrogens with one attached hydrogen (secondary N) is 1. The van der Waals surface area contributed by atoms with Gasteiger partial charge in [-0.05, 0) is 48.5 Å². The van der Waals surface area contributed by atoms with Gasteiger partial charge in [0.15, 0.2) is 35.2 Å². The number of halogens is 4. The van der Waals surface area contributed by atoms with E-state index in [1.54, 1.807) is 0 Å². The minimum absolute atomic E-state index is 0.0475. The van der Waals surface area contributed by atoms with Gasteiger partial charge in [-0.25, -0.2) is 18.3 Å². The fourth-order valence-electron chi connectivity index (χ4n) is 4.24. The van der Waals surface area contributed by atoms with Crippen LogP contribution >= 0.6 is 18.5 Å². The Kier molecular flexibility index (Phi) is 8.92. The lowest BCUT2D eigenvalue weighted by Gasteiger charge is -2.33. The SMILES string of the molecule is COc1ccc(OSP(=O)(OC[C@@]2(C(F)F)O[C@@H](n3cnc4c(=O)[nH]c(N)nc43)[C@H](O)C2(F)F)Oc2ccc(OC)cc2)cc1. The number of fused-ring (bicyclic) bond motifs is 1.